The molecular formula is C15H18N4O3S2. The monoisotopic (exact) mass is 366 g/mol. The van der Waals surface area contributed by atoms with Crippen LogP contribution in [0.4, 0.5) is 10.8 Å². The number of anilines is 2. The lowest BCUT2D eigenvalue weighted by Crippen LogP contribution is -2.14. The van der Waals surface area contributed by atoms with Gasteiger partial charge in [0.25, 0.3) is 0 Å². The number of thioether (sulfide) groups is 1. The molecule has 9 heteroatoms. The molecule has 0 saturated heterocycles. The van der Waals surface area contributed by atoms with E-state index in [4.69, 9.17) is 4.74 Å². The van der Waals surface area contributed by atoms with Gasteiger partial charge < -0.3 is 15.4 Å². The van der Waals surface area contributed by atoms with Gasteiger partial charge in [-0.25, -0.2) is 4.79 Å². The third-order valence-electron chi connectivity index (χ3n) is 2.69. The maximum Gasteiger partial charge on any atom is 0.338 e. The maximum atomic E-state index is 11.9. The molecule has 1 aromatic carbocycles. The summed E-state index contributed by atoms with van der Waals surface area (Å²) in [5.41, 5.74) is 1.07. The first kappa shape index (κ1) is 18.2. The van der Waals surface area contributed by atoms with Crippen molar-refractivity contribution in [2.45, 2.75) is 24.3 Å². The number of ether oxygens (including phenoxy) is 1. The molecule has 0 aliphatic rings. The second kappa shape index (κ2) is 8.65. The molecule has 0 saturated carbocycles. The average molecular weight is 366 g/mol. The molecule has 1 aromatic heterocycles. The number of aromatic nitrogens is 2. The second-order valence-corrected chi connectivity index (χ2v) is 7.19. The van der Waals surface area contributed by atoms with Gasteiger partial charge in [0.05, 0.1) is 17.4 Å². The molecule has 0 unspecified atom stereocenters. The zero-order valence-corrected chi connectivity index (χ0v) is 15.2. The van der Waals surface area contributed by atoms with Gasteiger partial charge in [-0.05, 0) is 38.1 Å². The summed E-state index contributed by atoms with van der Waals surface area (Å²) in [5.74, 6) is -0.302. The van der Waals surface area contributed by atoms with Crippen molar-refractivity contribution in [2.24, 2.45) is 0 Å². The molecule has 1 amide bonds. The molecule has 0 bridgehead atoms. The Labute approximate surface area is 148 Å². The molecule has 24 heavy (non-hydrogen) atoms. The van der Waals surface area contributed by atoms with Crippen LogP contribution in [-0.2, 0) is 9.53 Å². The number of hydrogen-bond donors (Lipinski definition) is 2. The van der Waals surface area contributed by atoms with Gasteiger partial charge in [0.2, 0.25) is 11.0 Å². The number of esters is 1. The Bertz CT molecular complexity index is 701. The number of amides is 1. The molecular weight excluding hydrogens is 348 g/mol. The molecule has 0 fully saturated rings. The SMILES string of the molecule is CNc1nnc(SCC(=O)Nc2ccc(C(=O)OC(C)C)cc2)s1. The number of nitrogens with zero attached hydrogens (tertiary/aromatic N) is 2. The van der Waals surface area contributed by atoms with Crippen molar-refractivity contribution in [1.29, 1.82) is 0 Å². The number of carbonyl (C=O) groups is 2. The number of hydrogen-bond acceptors (Lipinski definition) is 8. The van der Waals surface area contributed by atoms with Crippen LogP contribution in [0.25, 0.3) is 0 Å². The van der Waals surface area contributed by atoms with Crippen LogP contribution in [0, 0.1) is 0 Å². The molecule has 2 rings (SSSR count). The van der Waals surface area contributed by atoms with E-state index in [1.165, 1.54) is 23.1 Å². The minimum absolute atomic E-state index is 0.154. The Morgan fingerprint density at radius 1 is 1.25 bits per heavy atom. The van der Waals surface area contributed by atoms with Gasteiger partial charge in [0, 0.05) is 12.7 Å². The highest BCUT2D eigenvalue weighted by atomic mass is 32.2. The summed E-state index contributed by atoms with van der Waals surface area (Å²) in [6, 6.07) is 6.59. The van der Waals surface area contributed by atoms with Gasteiger partial charge in [-0.3, -0.25) is 4.79 Å². The fraction of sp³-hybridized carbons (Fsp3) is 0.333. The van der Waals surface area contributed by atoms with Crippen molar-refractivity contribution in [3.8, 4) is 0 Å². The normalized spacial score (nSPS) is 10.5. The smallest absolute Gasteiger partial charge is 0.338 e. The van der Waals surface area contributed by atoms with E-state index < -0.39 is 0 Å². The van der Waals surface area contributed by atoms with E-state index in [-0.39, 0.29) is 23.7 Å². The quantitative estimate of drug-likeness (QED) is 0.575. The highest BCUT2D eigenvalue weighted by molar-refractivity contribution is 8.01. The molecule has 7 nitrogen and oxygen atoms in total. The van der Waals surface area contributed by atoms with Crippen LogP contribution in [-0.4, -0.2) is 41.0 Å². The highest BCUT2D eigenvalue weighted by Crippen LogP contribution is 2.25. The standard InChI is InChI=1S/C15H18N4O3S2/c1-9(2)22-13(21)10-4-6-11(7-5-10)17-12(20)8-23-15-19-18-14(16-3)24-15/h4-7,9H,8H2,1-3H3,(H,16,18)(H,17,20). The fourth-order valence-electron chi connectivity index (χ4n) is 1.67. The summed E-state index contributed by atoms with van der Waals surface area (Å²) in [4.78, 5) is 23.7. The molecule has 2 aromatic rings. The molecule has 2 N–H and O–H groups in total. The largest absolute Gasteiger partial charge is 0.459 e. The lowest BCUT2D eigenvalue weighted by molar-refractivity contribution is -0.113. The first-order valence-corrected chi connectivity index (χ1v) is 9.03. The number of carbonyl (C=O) groups excluding carboxylic acids is 2. The third kappa shape index (κ3) is 5.50. The van der Waals surface area contributed by atoms with Gasteiger partial charge in [-0.1, -0.05) is 23.1 Å². The van der Waals surface area contributed by atoms with Crippen LogP contribution in [0.3, 0.4) is 0 Å². The Balaban J connectivity index is 1.84. The molecule has 0 spiro atoms. The van der Waals surface area contributed by atoms with Gasteiger partial charge in [0.15, 0.2) is 4.34 Å². The van der Waals surface area contributed by atoms with Crippen LogP contribution >= 0.6 is 23.1 Å². The van der Waals surface area contributed by atoms with Crippen molar-refractivity contribution < 1.29 is 14.3 Å². The minimum atomic E-state index is -0.380. The van der Waals surface area contributed by atoms with Crippen molar-refractivity contribution >= 4 is 45.8 Å². The summed E-state index contributed by atoms with van der Waals surface area (Å²) >= 11 is 2.71. The molecule has 1 heterocycles. The Hall–Kier alpha value is -2.13. The van der Waals surface area contributed by atoms with E-state index in [0.29, 0.717) is 16.4 Å². The summed E-state index contributed by atoms with van der Waals surface area (Å²) in [5, 5.41) is 14.2. The molecule has 0 aliphatic carbocycles. The number of benzene rings is 1. The van der Waals surface area contributed by atoms with Gasteiger partial charge in [0.1, 0.15) is 0 Å². The first-order chi connectivity index (χ1) is 11.5. The van der Waals surface area contributed by atoms with E-state index in [2.05, 4.69) is 20.8 Å². The number of rotatable bonds is 7. The molecule has 0 radical (unpaired) electrons. The van der Waals surface area contributed by atoms with E-state index in [0.717, 1.165) is 4.34 Å². The zero-order valence-electron chi connectivity index (χ0n) is 13.5. The lowest BCUT2D eigenvalue weighted by atomic mass is 10.2. The average Bonchev–Trinajstić information content (AvgIpc) is 3.01. The van der Waals surface area contributed by atoms with Crippen LogP contribution in [0.2, 0.25) is 0 Å². The van der Waals surface area contributed by atoms with Crippen molar-refractivity contribution in [2.75, 3.05) is 23.4 Å². The Morgan fingerprint density at radius 3 is 2.54 bits per heavy atom. The lowest BCUT2D eigenvalue weighted by Gasteiger charge is -2.08. The maximum absolute atomic E-state index is 11.9. The Morgan fingerprint density at radius 2 is 1.96 bits per heavy atom. The van der Waals surface area contributed by atoms with Crippen LogP contribution < -0.4 is 10.6 Å². The summed E-state index contributed by atoms with van der Waals surface area (Å²) in [7, 11) is 1.77. The fourth-order valence-corrected chi connectivity index (χ4v) is 3.17. The second-order valence-electron chi connectivity index (χ2n) is 4.99. The van der Waals surface area contributed by atoms with Gasteiger partial charge in [-0.15, -0.1) is 10.2 Å². The van der Waals surface area contributed by atoms with Gasteiger partial charge in [-0.2, -0.15) is 0 Å². The van der Waals surface area contributed by atoms with Gasteiger partial charge >= 0.3 is 5.97 Å². The summed E-state index contributed by atoms with van der Waals surface area (Å²) in [6.07, 6.45) is -0.169. The molecule has 0 aliphatic heterocycles. The van der Waals surface area contributed by atoms with Crippen LogP contribution in [0.5, 0.6) is 0 Å². The molecule has 0 atom stereocenters. The zero-order chi connectivity index (χ0) is 17.5. The first-order valence-electron chi connectivity index (χ1n) is 7.23. The summed E-state index contributed by atoms with van der Waals surface area (Å²) < 4.78 is 5.83. The topological polar surface area (TPSA) is 93.2 Å². The van der Waals surface area contributed by atoms with Crippen molar-refractivity contribution in [3.63, 3.8) is 0 Å². The highest BCUT2D eigenvalue weighted by Gasteiger charge is 2.10. The summed E-state index contributed by atoms with van der Waals surface area (Å²) in [6.45, 7) is 3.59. The minimum Gasteiger partial charge on any atom is -0.459 e. The van der Waals surface area contributed by atoms with Crippen molar-refractivity contribution in [1.82, 2.24) is 10.2 Å². The van der Waals surface area contributed by atoms with Crippen LogP contribution in [0.1, 0.15) is 24.2 Å². The van der Waals surface area contributed by atoms with Crippen LogP contribution in [0.15, 0.2) is 28.6 Å². The third-order valence-corrected chi connectivity index (χ3v) is 4.77. The predicted molar refractivity (Wildman–Crippen MR) is 95.8 cm³/mol. The molecule has 128 valence electrons. The van der Waals surface area contributed by atoms with E-state index in [1.807, 2.05) is 0 Å². The van der Waals surface area contributed by atoms with Crippen molar-refractivity contribution in [3.05, 3.63) is 29.8 Å². The predicted octanol–water partition coefficient (Wildman–Crippen LogP) is 2.88. The Kier molecular flexibility index (Phi) is 6.56. The van der Waals surface area contributed by atoms with E-state index in [1.54, 1.807) is 45.2 Å². The van der Waals surface area contributed by atoms with E-state index >= 15 is 0 Å². The van der Waals surface area contributed by atoms with E-state index in [9.17, 15) is 9.59 Å². The number of nitrogens with one attached hydrogen (secondary N) is 2.